The molecular formula is C18H23NO2. The van der Waals surface area contributed by atoms with Gasteiger partial charge in [-0.3, -0.25) is 4.79 Å². The first kappa shape index (κ1) is 15.4. The Morgan fingerprint density at radius 2 is 2.24 bits per heavy atom. The number of carbonyl (C=O) groups is 1. The minimum atomic E-state index is 0.746. The molecule has 0 bridgehead atoms. The summed E-state index contributed by atoms with van der Waals surface area (Å²) < 4.78 is 5.19. The molecule has 0 saturated heterocycles. The molecule has 1 aliphatic rings. The molecule has 0 aromatic heterocycles. The minimum Gasteiger partial charge on any atom is -0.497 e. The molecule has 3 heteroatoms. The van der Waals surface area contributed by atoms with E-state index < -0.39 is 0 Å². The van der Waals surface area contributed by atoms with Crippen molar-refractivity contribution in [1.29, 1.82) is 0 Å². The number of benzene rings is 1. The molecule has 0 N–H and O–H groups in total. The van der Waals surface area contributed by atoms with Crippen LogP contribution in [-0.2, 0) is 4.79 Å². The average Bonchev–Trinajstić information content (AvgIpc) is 2.56. The highest BCUT2D eigenvalue weighted by Crippen LogP contribution is 2.20. The monoisotopic (exact) mass is 285 g/mol. The van der Waals surface area contributed by atoms with E-state index in [-0.39, 0.29) is 0 Å². The van der Waals surface area contributed by atoms with E-state index in [2.05, 4.69) is 6.08 Å². The average molecular weight is 285 g/mol. The first-order chi connectivity index (χ1) is 10.3. The molecule has 21 heavy (non-hydrogen) atoms. The third-order valence-corrected chi connectivity index (χ3v) is 3.76. The second-order valence-electron chi connectivity index (χ2n) is 5.29. The Morgan fingerprint density at radius 1 is 1.33 bits per heavy atom. The van der Waals surface area contributed by atoms with Crippen LogP contribution < -0.4 is 4.74 Å². The summed E-state index contributed by atoms with van der Waals surface area (Å²) in [5.74, 6) is 0.821. The fraction of sp³-hybridized carbons (Fsp3) is 0.389. The third-order valence-electron chi connectivity index (χ3n) is 3.76. The smallest absolute Gasteiger partial charge is 0.213 e. The van der Waals surface area contributed by atoms with Crippen molar-refractivity contribution >= 4 is 12.5 Å². The largest absolute Gasteiger partial charge is 0.497 e. The van der Waals surface area contributed by atoms with Crippen LogP contribution in [0.15, 0.2) is 42.1 Å². The lowest BCUT2D eigenvalue weighted by molar-refractivity contribution is -0.115. The fourth-order valence-electron chi connectivity index (χ4n) is 2.49. The second-order valence-corrected chi connectivity index (χ2v) is 5.29. The van der Waals surface area contributed by atoms with E-state index in [1.807, 2.05) is 36.5 Å². The highest BCUT2D eigenvalue weighted by molar-refractivity contribution is 5.56. The molecule has 0 heterocycles. The summed E-state index contributed by atoms with van der Waals surface area (Å²) in [5, 5.41) is 0. The van der Waals surface area contributed by atoms with Gasteiger partial charge in [0.05, 0.1) is 7.11 Å². The number of amides is 1. The van der Waals surface area contributed by atoms with E-state index in [1.54, 1.807) is 12.0 Å². The van der Waals surface area contributed by atoms with Crippen LogP contribution >= 0.6 is 0 Å². The van der Waals surface area contributed by atoms with E-state index >= 15 is 0 Å². The lowest BCUT2D eigenvalue weighted by Gasteiger charge is -2.16. The number of allylic oxidation sites excluding steroid dienone is 1. The molecule has 3 nitrogen and oxygen atoms in total. The minimum absolute atomic E-state index is 0.746. The maximum Gasteiger partial charge on any atom is 0.213 e. The van der Waals surface area contributed by atoms with Gasteiger partial charge in [0.25, 0.3) is 0 Å². The second kappa shape index (κ2) is 8.30. The van der Waals surface area contributed by atoms with Crippen LogP contribution in [0.2, 0.25) is 0 Å². The van der Waals surface area contributed by atoms with Crippen LogP contribution in [0, 0.1) is 0 Å². The third kappa shape index (κ3) is 5.10. The van der Waals surface area contributed by atoms with Crippen molar-refractivity contribution in [2.45, 2.75) is 32.1 Å². The number of nitrogens with zero attached hydrogens (tertiary/aromatic N) is 1. The predicted molar refractivity (Wildman–Crippen MR) is 86.0 cm³/mol. The van der Waals surface area contributed by atoms with Gasteiger partial charge in [0.15, 0.2) is 0 Å². The highest BCUT2D eigenvalue weighted by Gasteiger charge is 2.05. The molecule has 2 rings (SSSR count). The Bertz CT molecular complexity index is 520. The molecule has 0 aliphatic heterocycles. The van der Waals surface area contributed by atoms with E-state index in [9.17, 15) is 4.79 Å². The molecule has 0 unspecified atom stereocenters. The van der Waals surface area contributed by atoms with Gasteiger partial charge in [-0.25, -0.2) is 0 Å². The van der Waals surface area contributed by atoms with Crippen molar-refractivity contribution in [3.63, 3.8) is 0 Å². The van der Waals surface area contributed by atoms with Crippen LogP contribution in [0.5, 0.6) is 5.75 Å². The molecular weight excluding hydrogens is 262 g/mol. The Labute approximate surface area is 126 Å². The number of hydrogen-bond donors (Lipinski definition) is 0. The topological polar surface area (TPSA) is 29.5 Å². The molecule has 0 radical (unpaired) electrons. The van der Waals surface area contributed by atoms with Crippen molar-refractivity contribution < 1.29 is 9.53 Å². The van der Waals surface area contributed by atoms with Gasteiger partial charge in [-0.1, -0.05) is 23.8 Å². The van der Waals surface area contributed by atoms with E-state index in [4.69, 9.17) is 4.74 Å². The van der Waals surface area contributed by atoms with Crippen LogP contribution in [0.3, 0.4) is 0 Å². The molecule has 0 saturated carbocycles. The van der Waals surface area contributed by atoms with Crippen molar-refractivity contribution in [3.05, 3.63) is 47.7 Å². The van der Waals surface area contributed by atoms with Crippen LogP contribution in [0.1, 0.15) is 37.7 Å². The summed E-state index contributed by atoms with van der Waals surface area (Å²) in [6, 6.07) is 7.79. The Balaban J connectivity index is 1.89. The van der Waals surface area contributed by atoms with Gasteiger partial charge in [0.1, 0.15) is 5.75 Å². The quantitative estimate of drug-likeness (QED) is 0.559. The molecule has 0 spiro atoms. The summed E-state index contributed by atoms with van der Waals surface area (Å²) in [5.41, 5.74) is 2.51. The summed E-state index contributed by atoms with van der Waals surface area (Å²) in [7, 11) is 1.65. The van der Waals surface area contributed by atoms with Gasteiger partial charge < -0.3 is 9.64 Å². The summed E-state index contributed by atoms with van der Waals surface area (Å²) in [4.78, 5) is 12.9. The SMILES string of the molecule is COc1cccc(/C=C/N(C=O)CCC2=CCCCC2)c1. The normalized spacial score (nSPS) is 14.8. The number of rotatable bonds is 7. The predicted octanol–water partition coefficient (Wildman–Crippen LogP) is 4.01. The lowest BCUT2D eigenvalue weighted by Crippen LogP contribution is -2.17. The molecule has 0 fully saturated rings. The zero-order valence-corrected chi connectivity index (χ0v) is 12.6. The summed E-state index contributed by atoms with van der Waals surface area (Å²) in [6.45, 7) is 0.746. The maximum atomic E-state index is 11.2. The van der Waals surface area contributed by atoms with Crippen molar-refractivity contribution in [3.8, 4) is 5.75 Å². The van der Waals surface area contributed by atoms with Crippen LogP contribution in [-0.4, -0.2) is 25.0 Å². The summed E-state index contributed by atoms with van der Waals surface area (Å²) in [6.07, 6.45) is 12.9. The van der Waals surface area contributed by atoms with E-state index in [0.717, 1.165) is 30.7 Å². The zero-order valence-electron chi connectivity index (χ0n) is 12.6. The van der Waals surface area contributed by atoms with Crippen molar-refractivity contribution in [2.75, 3.05) is 13.7 Å². The van der Waals surface area contributed by atoms with Crippen LogP contribution in [0.4, 0.5) is 0 Å². The summed E-state index contributed by atoms with van der Waals surface area (Å²) >= 11 is 0. The molecule has 0 atom stereocenters. The van der Waals surface area contributed by atoms with Gasteiger partial charge >= 0.3 is 0 Å². The first-order valence-electron chi connectivity index (χ1n) is 7.53. The number of carbonyl (C=O) groups excluding carboxylic acids is 1. The van der Waals surface area contributed by atoms with Crippen molar-refractivity contribution in [1.82, 2.24) is 4.90 Å². The van der Waals surface area contributed by atoms with Gasteiger partial charge in [-0.05, 0) is 55.9 Å². The molecule has 1 aliphatic carbocycles. The maximum absolute atomic E-state index is 11.2. The lowest BCUT2D eigenvalue weighted by atomic mass is 9.97. The van der Waals surface area contributed by atoms with Gasteiger partial charge in [-0.15, -0.1) is 0 Å². The van der Waals surface area contributed by atoms with E-state index in [1.165, 1.54) is 31.3 Å². The Hall–Kier alpha value is -2.03. The highest BCUT2D eigenvalue weighted by atomic mass is 16.5. The Kier molecular flexibility index (Phi) is 6.07. The fourth-order valence-corrected chi connectivity index (χ4v) is 2.49. The van der Waals surface area contributed by atoms with Gasteiger partial charge in [-0.2, -0.15) is 0 Å². The van der Waals surface area contributed by atoms with Gasteiger partial charge in [0.2, 0.25) is 6.41 Å². The number of methoxy groups -OCH3 is 1. The van der Waals surface area contributed by atoms with Crippen molar-refractivity contribution in [2.24, 2.45) is 0 Å². The first-order valence-corrected chi connectivity index (χ1v) is 7.53. The molecule has 112 valence electrons. The molecule has 1 aromatic carbocycles. The van der Waals surface area contributed by atoms with Gasteiger partial charge in [0, 0.05) is 12.7 Å². The zero-order chi connectivity index (χ0) is 14.9. The standard InChI is InChI=1S/C18H23NO2/c1-21-18-9-5-8-17(14-18)11-13-19(15-20)12-10-16-6-3-2-4-7-16/h5-6,8-9,11,13-15H,2-4,7,10,12H2,1H3/b13-11+. The Morgan fingerprint density at radius 3 is 2.95 bits per heavy atom. The molecule has 1 amide bonds. The number of ether oxygens (including phenoxy) is 1. The van der Waals surface area contributed by atoms with Crippen LogP contribution in [0.25, 0.3) is 6.08 Å². The molecule has 1 aromatic rings. The number of hydrogen-bond acceptors (Lipinski definition) is 2. The van der Waals surface area contributed by atoms with E-state index in [0.29, 0.717) is 0 Å².